The summed E-state index contributed by atoms with van der Waals surface area (Å²) in [6.07, 6.45) is 5.81. The molecule has 0 aromatic rings. The number of nitrogens with one attached hydrogen (secondary N) is 1. The Bertz CT molecular complexity index is 140. The van der Waals surface area contributed by atoms with Gasteiger partial charge in [-0.25, -0.2) is 0 Å². The molecule has 1 N–H and O–H groups in total. The second-order valence-electron chi connectivity index (χ2n) is 4.19. The Labute approximate surface area is 77.1 Å². The number of hydrogen-bond donors (Lipinski definition) is 1. The molecule has 0 amide bonds. The quantitative estimate of drug-likeness (QED) is 0.665. The summed E-state index contributed by atoms with van der Waals surface area (Å²) in [5.74, 6) is 0.967. The first-order valence-electron chi connectivity index (χ1n) is 4.61. The first kappa shape index (κ1) is 8.06. The van der Waals surface area contributed by atoms with Gasteiger partial charge < -0.3 is 5.32 Å². The average Bonchev–Trinajstić information content (AvgIpc) is 2.62. The van der Waals surface area contributed by atoms with Gasteiger partial charge in [-0.15, -0.1) is 0 Å². The molecule has 64 valence electrons. The maximum atomic E-state index is 3.59. The van der Waals surface area contributed by atoms with Crippen molar-refractivity contribution in [2.24, 2.45) is 11.3 Å². The van der Waals surface area contributed by atoms with Crippen LogP contribution in [0.25, 0.3) is 0 Å². The smallest absolute Gasteiger partial charge is 0.00598 e. The van der Waals surface area contributed by atoms with Crippen molar-refractivity contribution in [3.63, 3.8) is 0 Å². The molecular formula is C9H16BrN. The summed E-state index contributed by atoms with van der Waals surface area (Å²) in [6.45, 7) is 2.55. The van der Waals surface area contributed by atoms with Gasteiger partial charge in [0.1, 0.15) is 0 Å². The fourth-order valence-corrected chi connectivity index (χ4v) is 3.19. The van der Waals surface area contributed by atoms with Gasteiger partial charge >= 0.3 is 0 Å². The van der Waals surface area contributed by atoms with Crippen molar-refractivity contribution in [1.29, 1.82) is 0 Å². The molecule has 2 fully saturated rings. The normalized spacial score (nSPS) is 43.9. The largest absolute Gasteiger partial charge is 0.316 e. The minimum absolute atomic E-state index is 0.721. The van der Waals surface area contributed by atoms with E-state index in [0.717, 1.165) is 11.3 Å². The van der Waals surface area contributed by atoms with E-state index in [1.807, 2.05) is 0 Å². The average molecular weight is 218 g/mol. The van der Waals surface area contributed by atoms with Gasteiger partial charge in [-0.2, -0.15) is 0 Å². The SMILES string of the molecule is BrC[C@H]1CC[C@]2(CCNC2)C1. The van der Waals surface area contributed by atoms with Gasteiger partial charge in [-0.1, -0.05) is 15.9 Å². The van der Waals surface area contributed by atoms with Crippen LogP contribution in [-0.2, 0) is 0 Å². The zero-order chi connectivity index (χ0) is 7.73. The van der Waals surface area contributed by atoms with Crippen LogP contribution in [-0.4, -0.2) is 18.4 Å². The van der Waals surface area contributed by atoms with Crippen LogP contribution in [0.15, 0.2) is 0 Å². The topological polar surface area (TPSA) is 12.0 Å². The number of rotatable bonds is 1. The summed E-state index contributed by atoms with van der Waals surface area (Å²) in [7, 11) is 0. The summed E-state index contributed by atoms with van der Waals surface area (Å²) in [4.78, 5) is 0. The number of alkyl halides is 1. The molecule has 2 heteroatoms. The number of hydrogen-bond acceptors (Lipinski definition) is 1. The summed E-state index contributed by atoms with van der Waals surface area (Å²) in [6, 6.07) is 0. The summed E-state index contributed by atoms with van der Waals surface area (Å²) in [5.41, 5.74) is 0.721. The van der Waals surface area contributed by atoms with Crippen molar-refractivity contribution in [1.82, 2.24) is 5.32 Å². The van der Waals surface area contributed by atoms with Crippen LogP contribution in [0.2, 0.25) is 0 Å². The van der Waals surface area contributed by atoms with E-state index in [2.05, 4.69) is 21.2 Å². The fraction of sp³-hybridized carbons (Fsp3) is 1.00. The third kappa shape index (κ3) is 1.48. The van der Waals surface area contributed by atoms with Gasteiger partial charge in [-0.3, -0.25) is 0 Å². The fourth-order valence-electron chi connectivity index (χ4n) is 2.64. The highest BCUT2D eigenvalue weighted by Gasteiger charge is 2.40. The van der Waals surface area contributed by atoms with Crippen molar-refractivity contribution < 1.29 is 0 Å². The monoisotopic (exact) mass is 217 g/mol. The predicted octanol–water partition coefficient (Wildman–Crippen LogP) is 2.16. The van der Waals surface area contributed by atoms with Crippen molar-refractivity contribution in [2.45, 2.75) is 25.7 Å². The van der Waals surface area contributed by atoms with E-state index >= 15 is 0 Å². The Morgan fingerprint density at radius 3 is 2.91 bits per heavy atom. The first-order valence-corrected chi connectivity index (χ1v) is 5.73. The van der Waals surface area contributed by atoms with E-state index < -0.39 is 0 Å². The molecule has 0 radical (unpaired) electrons. The van der Waals surface area contributed by atoms with Crippen molar-refractivity contribution >= 4 is 15.9 Å². The molecule has 1 spiro atoms. The molecule has 0 aromatic heterocycles. The lowest BCUT2D eigenvalue weighted by atomic mass is 9.85. The lowest BCUT2D eigenvalue weighted by Gasteiger charge is -2.21. The molecule has 1 saturated carbocycles. The van der Waals surface area contributed by atoms with Crippen LogP contribution >= 0.6 is 15.9 Å². The van der Waals surface area contributed by atoms with Crippen LogP contribution in [0.3, 0.4) is 0 Å². The maximum Gasteiger partial charge on any atom is 0.00598 e. The molecule has 0 aromatic carbocycles. The Balaban J connectivity index is 1.96. The Morgan fingerprint density at radius 1 is 1.45 bits per heavy atom. The van der Waals surface area contributed by atoms with Crippen LogP contribution in [0.1, 0.15) is 25.7 Å². The molecule has 1 nitrogen and oxygen atoms in total. The molecule has 2 aliphatic rings. The molecule has 1 aliphatic carbocycles. The van der Waals surface area contributed by atoms with Gasteiger partial charge in [0.05, 0.1) is 0 Å². The van der Waals surface area contributed by atoms with Gasteiger partial charge in [0.15, 0.2) is 0 Å². The third-order valence-corrected chi connectivity index (χ3v) is 4.27. The van der Waals surface area contributed by atoms with E-state index in [9.17, 15) is 0 Å². The highest BCUT2D eigenvalue weighted by molar-refractivity contribution is 9.09. The maximum absolute atomic E-state index is 3.59. The van der Waals surface area contributed by atoms with E-state index in [1.165, 1.54) is 44.1 Å². The molecule has 2 rings (SSSR count). The lowest BCUT2D eigenvalue weighted by Crippen LogP contribution is -2.20. The van der Waals surface area contributed by atoms with Gasteiger partial charge in [0, 0.05) is 11.9 Å². The zero-order valence-electron chi connectivity index (χ0n) is 6.91. The Kier molecular flexibility index (Phi) is 2.24. The highest BCUT2D eigenvalue weighted by atomic mass is 79.9. The van der Waals surface area contributed by atoms with Gasteiger partial charge in [0.2, 0.25) is 0 Å². The standard InChI is InChI=1S/C9H16BrN/c10-6-8-1-2-9(5-8)3-4-11-7-9/h8,11H,1-7H2/t8-,9-/m0/s1. The third-order valence-electron chi connectivity index (χ3n) is 3.35. The van der Waals surface area contributed by atoms with Crippen LogP contribution < -0.4 is 5.32 Å². The second kappa shape index (κ2) is 3.06. The Morgan fingerprint density at radius 2 is 2.36 bits per heavy atom. The molecule has 1 aliphatic heterocycles. The van der Waals surface area contributed by atoms with E-state index in [-0.39, 0.29) is 0 Å². The van der Waals surface area contributed by atoms with Crippen LogP contribution in [0.4, 0.5) is 0 Å². The van der Waals surface area contributed by atoms with Crippen molar-refractivity contribution in [3.05, 3.63) is 0 Å². The lowest BCUT2D eigenvalue weighted by molar-refractivity contribution is 0.325. The summed E-state index contributed by atoms with van der Waals surface area (Å²) < 4.78 is 0. The molecular weight excluding hydrogens is 202 g/mol. The van der Waals surface area contributed by atoms with E-state index in [1.54, 1.807) is 0 Å². The van der Waals surface area contributed by atoms with Crippen LogP contribution in [0, 0.1) is 11.3 Å². The minimum Gasteiger partial charge on any atom is -0.316 e. The van der Waals surface area contributed by atoms with E-state index in [4.69, 9.17) is 0 Å². The van der Waals surface area contributed by atoms with E-state index in [0.29, 0.717) is 0 Å². The molecule has 11 heavy (non-hydrogen) atoms. The molecule has 1 saturated heterocycles. The second-order valence-corrected chi connectivity index (χ2v) is 4.84. The molecule has 0 bridgehead atoms. The highest BCUT2D eigenvalue weighted by Crippen LogP contribution is 2.46. The molecule has 0 unspecified atom stereocenters. The summed E-state index contributed by atoms with van der Waals surface area (Å²) in [5, 5.41) is 4.70. The first-order chi connectivity index (χ1) is 5.35. The van der Waals surface area contributed by atoms with Crippen LogP contribution in [0.5, 0.6) is 0 Å². The van der Waals surface area contributed by atoms with Gasteiger partial charge in [-0.05, 0) is 43.6 Å². The Hall–Kier alpha value is 0.440. The zero-order valence-corrected chi connectivity index (χ0v) is 8.49. The van der Waals surface area contributed by atoms with Gasteiger partial charge in [0.25, 0.3) is 0 Å². The summed E-state index contributed by atoms with van der Waals surface area (Å²) >= 11 is 3.59. The molecule has 1 heterocycles. The number of halogens is 1. The minimum atomic E-state index is 0.721. The predicted molar refractivity (Wildman–Crippen MR) is 51.1 cm³/mol. The van der Waals surface area contributed by atoms with Crippen molar-refractivity contribution in [2.75, 3.05) is 18.4 Å². The van der Waals surface area contributed by atoms with Crippen molar-refractivity contribution in [3.8, 4) is 0 Å². The molecule has 2 atom stereocenters.